The van der Waals surface area contributed by atoms with Gasteiger partial charge in [0.1, 0.15) is 0 Å². The van der Waals surface area contributed by atoms with Crippen molar-refractivity contribution in [3.63, 3.8) is 0 Å². The molecule has 2 nitrogen and oxygen atoms in total. The molecular formula is C16H25NO. The fourth-order valence-corrected chi connectivity index (χ4v) is 2.05. The second-order valence-electron chi connectivity index (χ2n) is 5.66. The van der Waals surface area contributed by atoms with Crippen LogP contribution in [0.15, 0.2) is 24.3 Å². The minimum atomic E-state index is 0.605. The Bertz CT molecular complexity index is 331. The van der Waals surface area contributed by atoms with Gasteiger partial charge < -0.3 is 10.1 Å². The van der Waals surface area contributed by atoms with Gasteiger partial charge in [0.2, 0.25) is 0 Å². The van der Waals surface area contributed by atoms with E-state index in [2.05, 4.69) is 43.4 Å². The molecule has 18 heavy (non-hydrogen) atoms. The zero-order valence-electron chi connectivity index (χ0n) is 11.6. The number of hydrogen-bond acceptors (Lipinski definition) is 2. The third kappa shape index (κ3) is 4.79. The molecule has 1 aromatic carbocycles. The Kier molecular flexibility index (Phi) is 5.21. The molecule has 1 aliphatic carbocycles. The zero-order valence-corrected chi connectivity index (χ0v) is 11.6. The van der Waals surface area contributed by atoms with E-state index in [0.29, 0.717) is 5.92 Å². The van der Waals surface area contributed by atoms with Gasteiger partial charge in [-0.05, 0) is 42.9 Å². The van der Waals surface area contributed by atoms with Crippen LogP contribution in [0.5, 0.6) is 0 Å². The van der Waals surface area contributed by atoms with Gasteiger partial charge in [-0.1, -0.05) is 38.1 Å². The average molecular weight is 247 g/mol. The van der Waals surface area contributed by atoms with Crippen LogP contribution in [0.2, 0.25) is 0 Å². The molecule has 0 amide bonds. The molecule has 0 radical (unpaired) electrons. The van der Waals surface area contributed by atoms with Gasteiger partial charge in [0.15, 0.2) is 0 Å². The van der Waals surface area contributed by atoms with Gasteiger partial charge in [0.05, 0.1) is 6.61 Å². The van der Waals surface area contributed by atoms with Gasteiger partial charge in [-0.3, -0.25) is 0 Å². The molecule has 1 saturated carbocycles. The SMILES string of the molecule is CC(C)COCc1ccccc1CCNC1CC1. The minimum Gasteiger partial charge on any atom is -0.376 e. The quantitative estimate of drug-likeness (QED) is 0.762. The van der Waals surface area contributed by atoms with E-state index in [1.165, 1.54) is 24.0 Å². The van der Waals surface area contributed by atoms with E-state index in [4.69, 9.17) is 4.74 Å². The summed E-state index contributed by atoms with van der Waals surface area (Å²) in [4.78, 5) is 0. The second-order valence-corrected chi connectivity index (χ2v) is 5.66. The number of rotatable bonds is 8. The van der Waals surface area contributed by atoms with Crippen LogP contribution in [0.1, 0.15) is 37.8 Å². The molecule has 1 fully saturated rings. The van der Waals surface area contributed by atoms with E-state index >= 15 is 0 Å². The summed E-state index contributed by atoms with van der Waals surface area (Å²) in [6.45, 7) is 7.05. The predicted octanol–water partition coefficient (Wildman–Crippen LogP) is 3.15. The average Bonchev–Trinajstić information content (AvgIpc) is 3.15. The normalized spacial score (nSPS) is 15.3. The highest BCUT2D eigenvalue weighted by molar-refractivity contribution is 5.26. The largest absolute Gasteiger partial charge is 0.376 e. The van der Waals surface area contributed by atoms with E-state index in [-0.39, 0.29) is 0 Å². The fraction of sp³-hybridized carbons (Fsp3) is 0.625. The van der Waals surface area contributed by atoms with Crippen molar-refractivity contribution in [3.8, 4) is 0 Å². The van der Waals surface area contributed by atoms with Crippen molar-refractivity contribution in [1.82, 2.24) is 5.32 Å². The Morgan fingerprint density at radius 3 is 2.61 bits per heavy atom. The molecule has 2 heteroatoms. The lowest BCUT2D eigenvalue weighted by atomic mass is 10.1. The Morgan fingerprint density at radius 1 is 1.22 bits per heavy atom. The van der Waals surface area contributed by atoms with Crippen molar-refractivity contribution in [1.29, 1.82) is 0 Å². The predicted molar refractivity (Wildman–Crippen MR) is 75.7 cm³/mol. The minimum absolute atomic E-state index is 0.605. The monoisotopic (exact) mass is 247 g/mol. The Labute approximate surface area is 111 Å². The summed E-state index contributed by atoms with van der Waals surface area (Å²) in [5.74, 6) is 0.605. The van der Waals surface area contributed by atoms with E-state index in [0.717, 1.165) is 32.2 Å². The molecule has 0 spiro atoms. The summed E-state index contributed by atoms with van der Waals surface area (Å²) in [5.41, 5.74) is 2.77. The first kappa shape index (κ1) is 13.6. The Balaban J connectivity index is 1.79. The highest BCUT2D eigenvalue weighted by Gasteiger charge is 2.19. The molecular weight excluding hydrogens is 222 g/mol. The van der Waals surface area contributed by atoms with Gasteiger partial charge in [-0.15, -0.1) is 0 Å². The third-order valence-electron chi connectivity index (χ3n) is 3.23. The lowest BCUT2D eigenvalue weighted by Crippen LogP contribution is -2.19. The summed E-state index contributed by atoms with van der Waals surface area (Å²) in [6.07, 6.45) is 3.83. The summed E-state index contributed by atoms with van der Waals surface area (Å²) in [5, 5.41) is 3.57. The Hall–Kier alpha value is -0.860. The summed E-state index contributed by atoms with van der Waals surface area (Å²) in [6, 6.07) is 9.44. The van der Waals surface area contributed by atoms with E-state index < -0.39 is 0 Å². The van der Waals surface area contributed by atoms with Crippen molar-refractivity contribution in [2.24, 2.45) is 5.92 Å². The Morgan fingerprint density at radius 2 is 1.94 bits per heavy atom. The first-order chi connectivity index (χ1) is 8.75. The molecule has 1 aromatic rings. The zero-order chi connectivity index (χ0) is 12.8. The van der Waals surface area contributed by atoms with Crippen molar-refractivity contribution < 1.29 is 4.74 Å². The lowest BCUT2D eigenvalue weighted by Gasteiger charge is -2.11. The molecule has 0 aromatic heterocycles. The molecule has 0 unspecified atom stereocenters. The van der Waals surface area contributed by atoms with Gasteiger partial charge in [0, 0.05) is 12.6 Å². The van der Waals surface area contributed by atoms with Crippen LogP contribution in [0.4, 0.5) is 0 Å². The van der Waals surface area contributed by atoms with Crippen LogP contribution in [0, 0.1) is 5.92 Å². The summed E-state index contributed by atoms with van der Waals surface area (Å²) >= 11 is 0. The maximum absolute atomic E-state index is 5.74. The maximum Gasteiger partial charge on any atom is 0.0719 e. The van der Waals surface area contributed by atoms with E-state index in [1.807, 2.05) is 0 Å². The van der Waals surface area contributed by atoms with Gasteiger partial charge in [-0.25, -0.2) is 0 Å². The first-order valence-electron chi connectivity index (χ1n) is 7.13. The van der Waals surface area contributed by atoms with Crippen LogP contribution < -0.4 is 5.32 Å². The maximum atomic E-state index is 5.74. The van der Waals surface area contributed by atoms with Crippen molar-refractivity contribution in [3.05, 3.63) is 35.4 Å². The van der Waals surface area contributed by atoms with Crippen molar-refractivity contribution in [2.45, 2.75) is 45.8 Å². The second kappa shape index (κ2) is 6.91. The molecule has 0 atom stereocenters. The van der Waals surface area contributed by atoms with Gasteiger partial charge >= 0.3 is 0 Å². The van der Waals surface area contributed by atoms with Crippen molar-refractivity contribution >= 4 is 0 Å². The third-order valence-corrected chi connectivity index (χ3v) is 3.23. The van der Waals surface area contributed by atoms with Crippen LogP contribution in [-0.4, -0.2) is 19.2 Å². The summed E-state index contributed by atoms with van der Waals surface area (Å²) in [7, 11) is 0. The van der Waals surface area contributed by atoms with Crippen LogP contribution >= 0.6 is 0 Å². The number of nitrogens with one attached hydrogen (secondary N) is 1. The topological polar surface area (TPSA) is 21.3 Å². The van der Waals surface area contributed by atoms with Crippen molar-refractivity contribution in [2.75, 3.05) is 13.2 Å². The molecule has 0 aliphatic heterocycles. The fourth-order valence-electron chi connectivity index (χ4n) is 2.05. The van der Waals surface area contributed by atoms with E-state index in [1.54, 1.807) is 0 Å². The molecule has 100 valence electrons. The molecule has 2 rings (SSSR count). The van der Waals surface area contributed by atoms with Crippen LogP contribution in [-0.2, 0) is 17.8 Å². The van der Waals surface area contributed by atoms with Crippen LogP contribution in [0.25, 0.3) is 0 Å². The number of hydrogen-bond donors (Lipinski definition) is 1. The molecule has 1 N–H and O–H groups in total. The highest BCUT2D eigenvalue weighted by atomic mass is 16.5. The molecule has 0 bridgehead atoms. The number of ether oxygens (including phenoxy) is 1. The number of benzene rings is 1. The van der Waals surface area contributed by atoms with Gasteiger partial charge in [0.25, 0.3) is 0 Å². The lowest BCUT2D eigenvalue weighted by molar-refractivity contribution is 0.0966. The summed E-state index contributed by atoms with van der Waals surface area (Å²) < 4.78 is 5.74. The molecule has 1 aliphatic rings. The van der Waals surface area contributed by atoms with Crippen LogP contribution in [0.3, 0.4) is 0 Å². The standard InChI is InChI=1S/C16H25NO/c1-13(2)11-18-12-15-6-4-3-5-14(15)9-10-17-16-7-8-16/h3-6,13,16-17H,7-12H2,1-2H3. The smallest absolute Gasteiger partial charge is 0.0719 e. The highest BCUT2D eigenvalue weighted by Crippen LogP contribution is 2.18. The van der Waals surface area contributed by atoms with Gasteiger partial charge in [-0.2, -0.15) is 0 Å². The van der Waals surface area contributed by atoms with E-state index in [9.17, 15) is 0 Å². The molecule has 0 heterocycles. The first-order valence-corrected chi connectivity index (χ1v) is 7.13. The molecule has 0 saturated heterocycles.